The van der Waals surface area contributed by atoms with E-state index >= 15 is 0 Å². The van der Waals surface area contributed by atoms with E-state index in [2.05, 4.69) is 10.3 Å². The zero-order chi connectivity index (χ0) is 15.4. The fourth-order valence-corrected chi connectivity index (χ4v) is 1.72. The zero-order valence-corrected chi connectivity index (χ0v) is 11.2. The van der Waals surface area contributed by atoms with Crippen LogP contribution in [0, 0.1) is 12.7 Å². The molecule has 1 aromatic carbocycles. The van der Waals surface area contributed by atoms with Crippen LogP contribution in [0.15, 0.2) is 28.7 Å². The Morgan fingerprint density at radius 3 is 2.76 bits per heavy atom. The first-order valence-electron chi connectivity index (χ1n) is 6.21. The van der Waals surface area contributed by atoms with Gasteiger partial charge in [0.1, 0.15) is 11.6 Å². The lowest BCUT2D eigenvalue weighted by Gasteiger charge is -2.00. The number of carboxylic acids is 1. The van der Waals surface area contributed by atoms with E-state index in [4.69, 9.17) is 9.52 Å². The second-order valence-corrected chi connectivity index (χ2v) is 4.30. The predicted octanol–water partition coefficient (Wildman–Crippen LogP) is 1.99. The number of oxazole rings is 1. The highest BCUT2D eigenvalue weighted by Crippen LogP contribution is 2.24. The van der Waals surface area contributed by atoms with Gasteiger partial charge >= 0.3 is 5.97 Å². The van der Waals surface area contributed by atoms with Gasteiger partial charge in [0.25, 0.3) is 5.91 Å². The molecule has 7 heteroatoms. The van der Waals surface area contributed by atoms with Crippen LogP contribution >= 0.6 is 0 Å². The van der Waals surface area contributed by atoms with Crippen LogP contribution < -0.4 is 5.32 Å². The summed E-state index contributed by atoms with van der Waals surface area (Å²) in [6, 6.07) is 5.92. The summed E-state index contributed by atoms with van der Waals surface area (Å²) in [7, 11) is 0. The molecule has 0 saturated heterocycles. The smallest absolute Gasteiger partial charge is 0.305 e. The largest absolute Gasteiger partial charge is 0.481 e. The molecule has 0 saturated carbocycles. The second-order valence-electron chi connectivity index (χ2n) is 4.30. The Hall–Kier alpha value is -2.70. The average Bonchev–Trinajstić information content (AvgIpc) is 2.80. The molecule has 0 aliphatic heterocycles. The number of hydrogen-bond acceptors (Lipinski definition) is 4. The monoisotopic (exact) mass is 292 g/mol. The maximum Gasteiger partial charge on any atom is 0.305 e. The van der Waals surface area contributed by atoms with Crippen LogP contribution in [-0.4, -0.2) is 28.5 Å². The number of amides is 1. The minimum absolute atomic E-state index is 0.00832. The normalized spacial score (nSPS) is 10.4. The Kier molecular flexibility index (Phi) is 4.32. The fraction of sp³-hybridized carbons (Fsp3) is 0.214. The van der Waals surface area contributed by atoms with Crippen molar-refractivity contribution in [1.82, 2.24) is 10.3 Å². The number of carbonyl (C=O) groups is 2. The van der Waals surface area contributed by atoms with Crippen molar-refractivity contribution in [3.8, 4) is 11.5 Å². The van der Waals surface area contributed by atoms with Crippen LogP contribution in [0.1, 0.15) is 22.7 Å². The van der Waals surface area contributed by atoms with Crippen LogP contribution in [-0.2, 0) is 4.79 Å². The van der Waals surface area contributed by atoms with Gasteiger partial charge in [0.2, 0.25) is 5.89 Å². The Morgan fingerprint density at radius 1 is 1.38 bits per heavy atom. The van der Waals surface area contributed by atoms with Gasteiger partial charge in [-0.3, -0.25) is 9.59 Å². The molecule has 2 aromatic rings. The predicted molar refractivity (Wildman–Crippen MR) is 71.2 cm³/mol. The molecule has 0 aliphatic carbocycles. The number of rotatable bonds is 5. The summed E-state index contributed by atoms with van der Waals surface area (Å²) in [6.07, 6.45) is -0.192. The summed E-state index contributed by atoms with van der Waals surface area (Å²) in [5.41, 5.74) is 0.170. The number of carbonyl (C=O) groups excluding carboxylic acids is 1. The molecule has 1 heterocycles. The van der Waals surface area contributed by atoms with Crippen LogP contribution in [0.25, 0.3) is 11.5 Å². The van der Waals surface area contributed by atoms with E-state index in [-0.39, 0.29) is 35.9 Å². The van der Waals surface area contributed by atoms with Gasteiger partial charge in [-0.15, -0.1) is 0 Å². The minimum Gasteiger partial charge on any atom is -0.481 e. The number of aromatic nitrogens is 1. The van der Waals surface area contributed by atoms with Crippen molar-refractivity contribution in [1.29, 1.82) is 0 Å². The molecule has 0 spiro atoms. The van der Waals surface area contributed by atoms with Crippen molar-refractivity contribution < 1.29 is 23.5 Å². The summed E-state index contributed by atoms with van der Waals surface area (Å²) in [4.78, 5) is 26.2. The first kappa shape index (κ1) is 14.7. The zero-order valence-electron chi connectivity index (χ0n) is 11.2. The molecule has 0 fully saturated rings. The fourth-order valence-electron chi connectivity index (χ4n) is 1.72. The summed E-state index contributed by atoms with van der Waals surface area (Å²) in [5.74, 6) is -1.83. The van der Waals surface area contributed by atoms with Crippen LogP contribution in [0.4, 0.5) is 4.39 Å². The molecule has 1 amide bonds. The highest BCUT2D eigenvalue weighted by molar-refractivity contribution is 5.93. The maximum absolute atomic E-state index is 13.6. The maximum atomic E-state index is 13.6. The molecule has 0 radical (unpaired) electrons. The van der Waals surface area contributed by atoms with Crippen LogP contribution in [0.2, 0.25) is 0 Å². The second kappa shape index (κ2) is 6.17. The topological polar surface area (TPSA) is 92.4 Å². The van der Waals surface area contributed by atoms with E-state index in [9.17, 15) is 14.0 Å². The van der Waals surface area contributed by atoms with Gasteiger partial charge in [-0.05, 0) is 19.1 Å². The van der Waals surface area contributed by atoms with E-state index < -0.39 is 17.7 Å². The van der Waals surface area contributed by atoms with E-state index in [1.54, 1.807) is 6.07 Å². The van der Waals surface area contributed by atoms with Gasteiger partial charge in [-0.1, -0.05) is 12.1 Å². The molecular formula is C14H13FN2O4. The van der Waals surface area contributed by atoms with Gasteiger partial charge in [0, 0.05) is 6.54 Å². The standard InChI is InChI=1S/C14H13FN2O4/c1-8-12(13(20)16-7-6-11(18)19)17-14(21-8)9-4-2-3-5-10(9)15/h2-5H,6-7H2,1H3,(H,16,20)(H,18,19). The van der Waals surface area contributed by atoms with Crippen molar-refractivity contribution in [2.45, 2.75) is 13.3 Å². The van der Waals surface area contributed by atoms with Crippen molar-refractivity contribution in [3.05, 3.63) is 41.5 Å². The number of aryl methyl sites for hydroxylation is 1. The van der Waals surface area contributed by atoms with Gasteiger partial charge in [-0.25, -0.2) is 9.37 Å². The SMILES string of the molecule is Cc1oc(-c2ccccc2F)nc1C(=O)NCCC(=O)O. The lowest BCUT2D eigenvalue weighted by molar-refractivity contribution is -0.136. The summed E-state index contributed by atoms with van der Waals surface area (Å²) in [6.45, 7) is 1.51. The number of aliphatic carboxylic acids is 1. The quantitative estimate of drug-likeness (QED) is 0.879. The Morgan fingerprint density at radius 2 is 2.10 bits per heavy atom. The number of carboxylic acid groups (broad SMARTS) is 1. The van der Waals surface area contributed by atoms with E-state index in [0.29, 0.717) is 0 Å². The molecule has 21 heavy (non-hydrogen) atoms. The third-order valence-electron chi connectivity index (χ3n) is 2.74. The molecule has 110 valence electrons. The Labute approximate surface area is 119 Å². The molecule has 2 rings (SSSR count). The Balaban J connectivity index is 2.18. The molecule has 0 unspecified atom stereocenters. The number of nitrogens with one attached hydrogen (secondary N) is 1. The molecule has 0 bridgehead atoms. The van der Waals surface area contributed by atoms with Gasteiger partial charge < -0.3 is 14.8 Å². The van der Waals surface area contributed by atoms with Crippen molar-refractivity contribution in [2.24, 2.45) is 0 Å². The molecule has 2 N–H and O–H groups in total. The molecule has 0 atom stereocenters. The van der Waals surface area contributed by atoms with Crippen molar-refractivity contribution in [2.75, 3.05) is 6.54 Å². The average molecular weight is 292 g/mol. The third kappa shape index (κ3) is 3.44. The van der Waals surface area contributed by atoms with E-state index in [1.807, 2.05) is 0 Å². The van der Waals surface area contributed by atoms with Crippen molar-refractivity contribution >= 4 is 11.9 Å². The molecule has 0 aliphatic rings. The third-order valence-corrected chi connectivity index (χ3v) is 2.74. The first-order valence-corrected chi connectivity index (χ1v) is 6.21. The number of halogens is 1. The van der Waals surface area contributed by atoms with E-state index in [1.165, 1.54) is 25.1 Å². The van der Waals surface area contributed by atoms with Gasteiger partial charge in [-0.2, -0.15) is 0 Å². The number of nitrogens with zero attached hydrogens (tertiary/aromatic N) is 1. The summed E-state index contributed by atoms with van der Waals surface area (Å²) in [5, 5.41) is 10.9. The first-order chi connectivity index (χ1) is 9.99. The lowest BCUT2D eigenvalue weighted by atomic mass is 10.2. The Bertz CT molecular complexity index is 681. The van der Waals surface area contributed by atoms with E-state index in [0.717, 1.165) is 0 Å². The molecular weight excluding hydrogens is 279 g/mol. The van der Waals surface area contributed by atoms with Gasteiger partial charge in [0.15, 0.2) is 5.69 Å². The highest BCUT2D eigenvalue weighted by Gasteiger charge is 2.19. The number of hydrogen-bond donors (Lipinski definition) is 2. The lowest BCUT2D eigenvalue weighted by Crippen LogP contribution is -2.26. The number of benzene rings is 1. The summed E-state index contributed by atoms with van der Waals surface area (Å²) >= 11 is 0. The molecule has 6 nitrogen and oxygen atoms in total. The molecule has 1 aromatic heterocycles. The summed E-state index contributed by atoms with van der Waals surface area (Å²) < 4.78 is 18.9. The minimum atomic E-state index is -1.01. The van der Waals surface area contributed by atoms with Crippen molar-refractivity contribution in [3.63, 3.8) is 0 Å². The van der Waals surface area contributed by atoms with Crippen LogP contribution in [0.5, 0.6) is 0 Å². The highest BCUT2D eigenvalue weighted by atomic mass is 19.1. The van der Waals surface area contributed by atoms with Gasteiger partial charge in [0.05, 0.1) is 12.0 Å². The van der Waals surface area contributed by atoms with Crippen LogP contribution in [0.3, 0.4) is 0 Å².